The Hall–Kier alpha value is -2.86. The summed E-state index contributed by atoms with van der Waals surface area (Å²) < 4.78 is 4.67. The Morgan fingerprint density at radius 3 is 2.54 bits per heavy atom. The van der Waals surface area contributed by atoms with Gasteiger partial charge in [-0.1, -0.05) is 42.5 Å². The molecule has 4 rings (SSSR count). The van der Waals surface area contributed by atoms with E-state index in [4.69, 9.17) is 0 Å². The third-order valence-corrected chi connectivity index (χ3v) is 4.77. The summed E-state index contributed by atoms with van der Waals surface area (Å²) in [5, 5.41) is 9.49. The minimum absolute atomic E-state index is 0.722. The molecule has 0 radical (unpaired) electrons. The van der Waals surface area contributed by atoms with Gasteiger partial charge in [-0.2, -0.15) is 9.83 Å². The van der Waals surface area contributed by atoms with Gasteiger partial charge < -0.3 is 0 Å². The van der Waals surface area contributed by atoms with Gasteiger partial charge >= 0.3 is 0 Å². The number of imidazole rings is 1. The predicted molar refractivity (Wildman–Crippen MR) is 93.7 cm³/mol. The van der Waals surface area contributed by atoms with Crippen LogP contribution >= 0.6 is 0 Å². The van der Waals surface area contributed by atoms with E-state index in [1.54, 1.807) is 0 Å². The van der Waals surface area contributed by atoms with E-state index in [0.717, 1.165) is 24.2 Å². The highest BCUT2D eigenvalue weighted by Crippen LogP contribution is 2.25. The summed E-state index contributed by atoms with van der Waals surface area (Å²) in [6.07, 6.45) is 6.92. The second kappa shape index (κ2) is 6.33. The van der Waals surface area contributed by atoms with Crippen LogP contribution in [0.1, 0.15) is 30.7 Å². The van der Waals surface area contributed by atoms with E-state index >= 15 is 0 Å². The zero-order chi connectivity index (χ0) is 16.4. The van der Waals surface area contributed by atoms with Crippen molar-refractivity contribution in [1.82, 2.24) is 4.57 Å². The third kappa shape index (κ3) is 2.51. The molecule has 1 aromatic heterocycles. The van der Waals surface area contributed by atoms with Crippen molar-refractivity contribution in [3.05, 3.63) is 72.2 Å². The van der Waals surface area contributed by atoms with E-state index in [9.17, 15) is 5.26 Å². The molecule has 0 unspecified atom stereocenters. The summed E-state index contributed by atoms with van der Waals surface area (Å²) in [4.78, 5) is 0. The van der Waals surface area contributed by atoms with Crippen molar-refractivity contribution in [3.63, 3.8) is 0 Å². The van der Waals surface area contributed by atoms with Gasteiger partial charge in [0.15, 0.2) is 5.69 Å². The molecule has 3 aromatic rings. The molecule has 0 amide bonds. The maximum atomic E-state index is 9.49. The molecule has 118 valence electrons. The van der Waals surface area contributed by atoms with Crippen molar-refractivity contribution in [2.75, 3.05) is 0 Å². The number of nitrogens with zero attached hydrogens (tertiary/aromatic N) is 3. The lowest BCUT2D eigenvalue weighted by Gasteiger charge is -2.03. The minimum Gasteiger partial charge on any atom is -0.227 e. The van der Waals surface area contributed by atoms with Gasteiger partial charge in [0, 0.05) is 12.0 Å². The van der Waals surface area contributed by atoms with Crippen LogP contribution in [0.4, 0.5) is 0 Å². The van der Waals surface area contributed by atoms with Gasteiger partial charge in [-0.25, -0.2) is 4.57 Å². The molecule has 0 atom stereocenters. The van der Waals surface area contributed by atoms with Crippen molar-refractivity contribution in [1.29, 1.82) is 5.26 Å². The number of aromatic nitrogens is 2. The van der Waals surface area contributed by atoms with Gasteiger partial charge in [0.2, 0.25) is 0 Å². The molecule has 0 fully saturated rings. The second-order valence-electron chi connectivity index (χ2n) is 6.26. The maximum absolute atomic E-state index is 9.49. The molecule has 0 bridgehead atoms. The Morgan fingerprint density at radius 2 is 1.71 bits per heavy atom. The monoisotopic (exact) mass is 314 g/mol. The lowest BCUT2D eigenvalue weighted by Crippen LogP contribution is -2.35. The van der Waals surface area contributed by atoms with Gasteiger partial charge in [-0.3, -0.25) is 0 Å². The molecular formula is C21H20N3+. The summed E-state index contributed by atoms with van der Waals surface area (Å²) in [6.45, 7) is 1.04. The first-order chi connectivity index (χ1) is 11.9. The molecule has 0 saturated carbocycles. The van der Waals surface area contributed by atoms with Crippen LogP contribution in [0.2, 0.25) is 0 Å². The normalized spacial score (nSPS) is 13.8. The fourth-order valence-electron chi connectivity index (χ4n) is 3.60. The summed E-state index contributed by atoms with van der Waals surface area (Å²) in [7, 11) is 0. The van der Waals surface area contributed by atoms with Crippen LogP contribution < -0.4 is 4.57 Å². The number of fused-ring (bicyclic) bond motifs is 1. The van der Waals surface area contributed by atoms with Gasteiger partial charge in [0.25, 0.3) is 5.82 Å². The molecule has 3 heteroatoms. The zero-order valence-electron chi connectivity index (χ0n) is 13.7. The molecule has 0 aliphatic carbocycles. The topological polar surface area (TPSA) is 32.6 Å². The Kier molecular flexibility index (Phi) is 3.88. The highest BCUT2D eigenvalue weighted by Gasteiger charge is 2.27. The highest BCUT2D eigenvalue weighted by atomic mass is 15.2. The van der Waals surface area contributed by atoms with Gasteiger partial charge in [-0.15, -0.1) is 0 Å². The molecule has 3 nitrogen and oxygen atoms in total. The molecule has 1 aliphatic rings. The molecule has 0 spiro atoms. The van der Waals surface area contributed by atoms with Crippen molar-refractivity contribution in [2.45, 2.75) is 32.2 Å². The van der Waals surface area contributed by atoms with Crippen LogP contribution in [0.25, 0.3) is 16.9 Å². The van der Waals surface area contributed by atoms with Crippen LogP contribution in [0.5, 0.6) is 0 Å². The number of para-hydroxylation sites is 1. The second-order valence-corrected chi connectivity index (χ2v) is 6.26. The summed E-state index contributed by atoms with van der Waals surface area (Å²) in [6, 6.07) is 20.7. The van der Waals surface area contributed by atoms with Crippen LogP contribution in [0.3, 0.4) is 0 Å². The third-order valence-electron chi connectivity index (χ3n) is 4.77. The number of hydrogen-bond acceptors (Lipinski definition) is 1. The number of nitriles is 1. The molecule has 2 heterocycles. The lowest BCUT2D eigenvalue weighted by atomic mass is 10.1. The molecule has 1 aliphatic heterocycles. The summed E-state index contributed by atoms with van der Waals surface area (Å²) in [5.41, 5.74) is 4.17. The minimum atomic E-state index is 0.722. The zero-order valence-corrected chi connectivity index (χ0v) is 13.7. The van der Waals surface area contributed by atoms with E-state index in [-0.39, 0.29) is 0 Å². The van der Waals surface area contributed by atoms with Crippen LogP contribution in [-0.4, -0.2) is 4.57 Å². The molecule has 0 saturated heterocycles. The van der Waals surface area contributed by atoms with Gasteiger partial charge in [0.1, 0.15) is 18.0 Å². The van der Waals surface area contributed by atoms with Gasteiger partial charge in [-0.05, 0) is 31.4 Å². The molecular weight excluding hydrogens is 294 g/mol. The van der Waals surface area contributed by atoms with E-state index in [0.29, 0.717) is 0 Å². The smallest absolute Gasteiger partial charge is 0.227 e. The van der Waals surface area contributed by atoms with Crippen molar-refractivity contribution >= 4 is 0 Å². The Morgan fingerprint density at radius 1 is 0.917 bits per heavy atom. The first-order valence-corrected chi connectivity index (χ1v) is 8.57. The summed E-state index contributed by atoms with van der Waals surface area (Å²) >= 11 is 0. The number of benzene rings is 2. The van der Waals surface area contributed by atoms with Crippen molar-refractivity contribution in [3.8, 4) is 23.0 Å². The first-order valence-electron chi connectivity index (χ1n) is 8.57. The summed E-state index contributed by atoms with van der Waals surface area (Å²) in [5.74, 6) is 1.30. The standard InChI is InChI=1S/C21H20N3/c22-15-18-11-6-7-12-19(18)24-16-20(17-9-3-1-4-10-17)23-14-8-2-5-13-21(23)24/h1,3-4,6-7,9-12,16H,2,5,8,13-14H2/q+1. The van der Waals surface area contributed by atoms with E-state index in [1.165, 1.54) is 36.3 Å². The fraction of sp³-hybridized carbons (Fsp3) is 0.238. The van der Waals surface area contributed by atoms with Crippen LogP contribution in [0, 0.1) is 11.3 Å². The van der Waals surface area contributed by atoms with Crippen molar-refractivity contribution in [2.24, 2.45) is 0 Å². The Balaban J connectivity index is 1.95. The highest BCUT2D eigenvalue weighted by molar-refractivity contribution is 5.58. The average Bonchev–Trinajstić information content (AvgIpc) is 2.83. The van der Waals surface area contributed by atoms with E-state index in [1.807, 2.05) is 24.3 Å². The quantitative estimate of drug-likeness (QED) is 0.657. The first kappa shape index (κ1) is 14.7. The SMILES string of the molecule is N#Cc1ccccc1-[n+]1cc(-c2ccccc2)n2c1CCCCC2. The van der Waals surface area contributed by atoms with E-state index in [2.05, 4.69) is 51.7 Å². The van der Waals surface area contributed by atoms with Gasteiger partial charge in [0.05, 0.1) is 12.1 Å². The largest absolute Gasteiger partial charge is 0.262 e. The average molecular weight is 314 g/mol. The van der Waals surface area contributed by atoms with Crippen molar-refractivity contribution < 1.29 is 4.57 Å². The Labute approximate surface area is 142 Å². The predicted octanol–water partition coefficient (Wildman–Crippen LogP) is 4.03. The molecule has 0 N–H and O–H groups in total. The lowest BCUT2D eigenvalue weighted by molar-refractivity contribution is -0.604. The van der Waals surface area contributed by atoms with E-state index < -0.39 is 0 Å². The number of rotatable bonds is 2. The molecule has 2 aromatic carbocycles. The fourth-order valence-corrected chi connectivity index (χ4v) is 3.60. The van der Waals surface area contributed by atoms with Crippen LogP contribution in [0.15, 0.2) is 60.8 Å². The maximum Gasteiger partial charge on any atom is 0.262 e. The molecule has 24 heavy (non-hydrogen) atoms. The number of hydrogen-bond donors (Lipinski definition) is 0. The Bertz CT molecular complexity index is 901. The van der Waals surface area contributed by atoms with Crippen LogP contribution in [-0.2, 0) is 13.0 Å².